The van der Waals surface area contributed by atoms with Crippen LogP contribution in [0.4, 0.5) is 0 Å². The summed E-state index contributed by atoms with van der Waals surface area (Å²) in [4.78, 5) is 16.6. The molecule has 0 aliphatic rings. The van der Waals surface area contributed by atoms with Crippen molar-refractivity contribution < 1.29 is 9.53 Å². The molecule has 0 N–H and O–H groups in total. The molecule has 0 unspecified atom stereocenters. The lowest BCUT2D eigenvalue weighted by molar-refractivity contribution is -0.145. The van der Waals surface area contributed by atoms with Crippen LogP contribution < -0.4 is 0 Å². The Bertz CT molecular complexity index is 381. The number of hydrogen-bond donors (Lipinski definition) is 0. The predicted molar refractivity (Wildman–Crippen MR) is 71.5 cm³/mol. The number of Topliss-reactive ketones (excluding diaryl/α,β-unsaturated/α-hetero) is 1. The minimum absolute atomic E-state index is 0.192. The molecule has 102 valence electrons. The van der Waals surface area contributed by atoms with E-state index in [9.17, 15) is 4.79 Å². The summed E-state index contributed by atoms with van der Waals surface area (Å²) in [5.74, 6) is 1.14. The molecule has 4 heteroatoms. The SMILES string of the molecule is CCOC(CC)(CC)C(=O)CCc1nccn1C. The van der Waals surface area contributed by atoms with Crippen molar-refractivity contribution in [1.82, 2.24) is 9.55 Å². The summed E-state index contributed by atoms with van der Waals surface area (Å²) in [5.41, 5.74) is -0.597. The highest BCUT2D eigenvalue weighted by Gasteiger charge is 2.34. The van der Waals surface area contributed by atoms with Crippen LogP contribution in [-0.2, 0) is 23.0 Å². The lowest BCUT2D eigenvalue weighted by Gasteiger charge is -2.29. The number of hydrogen-bond acceptors (Lipinski definition) is 3. The molecule has 18 heavy (non-hydrogen) atoms. The minimum Gasteiger partial charge on any atom is -0.368 e. The highest BCUT2D eigenvalue weighted by Crippen LogP contribution is 2.24. The number of rotatable bonds is 8. The second-order valence-corrected chi connectivity index (χ2v) is 4.51. The zero-order chi connectivity index (χ0) is 13.6. The van der Waals surface area contributed by atoms with Crippen molar-refractivity contribution in [3.63, 3.8) is 0 Å². The van der Waals surface area contributed by atoms with Gasteiger partial charge in [-0.25, -0.2) is 4.98 Å². The van der Waals surface area contributed by atoms with Gasteiger partial charge in [-0.3, -0.25) is 4.79 Å². The number of aryl methyl sites for hydroxylation is 2. The van der Waals surface area contributed by atoms with E-state index >= 15 is 0 Å². The topological polar surface area (TPSA) is 44.1 Å². The summed E-state index contributed by atoms with van der Waals surface area (Å²) in [7, 11) is 1.95. The minimum atomic E-state index is -0.597. The third kappa shape index (κ3) is 3.19. The molecule has 0 spiro atoms. The van der Waals surface area contributed by atoms with Crippen LogP contribution in [0.5, 0.6) is 0 Å². The van der Waals surface area contributed by atoms with Crippen molar-refractivity contribution in [2.24, 2.45) is 7.05 Å². The van der Waals surface area contributed by atoms with E-state index in [2.05, 4.69) is 4.98 Å². The summed E-state index contributed by atoms with van der Waals surface area (Å²) in [6, 6.07) is 0. The molecular weight excluding hydrogens is 228 g/mol. The van der Waals surface area contributed by atoms with Crippen molar-refractivity contribution in [3.8, 4) is 0 Å². The summed E-state index contributed by atoms with van der Waals surface area (Å²) in [6.45, 7) is 6.54. The first-order valence-electron chi connectivity index (χ1n) is 6.73. The van der Waals surface area contributed by atoms with Crippen molar-refractivity contribution in [2.45, 2.75) is 52.1 Å². The van der Waals surface area contributed by atoms with E-state index < -0.39 is 5.60 Å². The van der Waals surface area contributed by atoms with Gasteiger partial charge in [0.25, 0.3) is 0 Å². The van der Waals surface area contributed by atoms with Crippen LogP contribution in [0.3, 0.4) is 0 Å². The Hall–Kier alpha value is -1.16. The molecule has 0 atom stereocenters. The zero-order valence-corrected chi connectivity index (χ0v) is 11.9. The number of imidazole rings is 1. The fourth-order valence-corrected chi connectivity index (χ4v) is 2.30. The van der Waals surface area contributed by atoms with E-state index in [0.717, 1.165) is 18.7 Å². The molecule has 0 bridgehead atoms. The summed E-state index contributed by atoms with van der Waals surface area (Å²) >= 11 is 0. The van der Waals surface area contributed by atoms with Gasteiger partial charge in [0, 0.05) is 38.9 Å². The molecule has 4 nitrogen and oxygen atoms in total. The van der Waals surface area contributed by atoms with Gasteiger partial charge in [0.15, 0.2) is 5.78 Å². The Labute approximate surface area is 109 Å². The largest absolute Gasteiger partial charge is 0.368 e. The fraction of sp³-hybridized carbons (Fsp3) is 0.714. The number of carbonyl (C=O) groups excluding carboxylic acids is 1. The molecule has 0 aromatic carbocycles. The first kappa shape index (κ1) is 14.9. The Kier molecular flexibility index (Phi) is 5.54. The number of aromatic nitrogens is 2. The Morgan fingerprint density at radius 1 is 1.39 bits per heavy atom. The van der Waals surface area contributed by atoms with Crippen LogP contribution in [0.2, 0.25) is 0 Å². The van der Waals surface area contributed by atoms with Crippen LogP contribution >= 0.6 is 0 Å². The summed E-state index contributed by atoms with van der Waals surface area (Å²) < 4.78 is 7.67. The maximum atomic E-state index is 12.4. The number of carbonyl (C=O) groups is 1. The fourth-order valence-electron chi connectivity index (χ4n) is 2.30. The van der Waals surface area contributed by atoms with E-state index in [1.807, 2.05) is 38.6 Å². The van der Waals surface area contributed by atoms with E-state index in [1.165, 1.54) is 0 Å². The van der Waals surface area contributed by atoms with Gasteiger partial charge >= 0.3 is 0 Å². The molecule has 0 radical (unpaired) electrons. The standard InChI is InChI=1S/C14H24N2O2/c1-5-14(6-2,18-7-3)12(17)8-9-13-15-10-11-16(13)4/h10-11H,5-9H2,1-4H3. The van der Waals surface area contributed by atoms with Crippen LogP contribution in [0.1, 0.15) is 45.9 Å². The van der Waals surface area contributed by atoms with Crippen LogP contribution in [-0.4, -0.2) is 27.5 Å². The highest BCUT2D eigenvalue weighted by molar-refractivity contribution is 5.87. The van der Waals surface area contributed by atoms with Gasteiger partial charge in [-0.05, 0) is 19.8 Å². The smallest absolute Gasteiger partial charge is 0.165 e. The lowest BCUT2D eigenvalue weighted by atomic mass is 9.89. The molecular formula is C14H24N2O2. The summed E-state index contributed by atoms with van der Waals surface area (Å²) in [6.07, 6.45) is 6.29. The van der Waals surface area contributed by atoms with Crippen molar-refractivity contribution >= 4 is 5.78 Å². The quantitative estimate of drug-likeness (QED) is 0.714. The average Bonchev–Trinajstić information content (AvgIpc) is 2.79. The van der Waals surface area contributed by atoms with Gasteiger partial charge in [-0.15, -0.1) is 0 Å². The van der Waals surface area contributed by atoms with Gasteiger partial charge in [-0.2, -0.15) is 0 Å². The molecule has 1 aromatic heterocycles. The van der Waals surface area contributed by atoms with Crippen molar-refractivity contribution in [2.75, 3.05) is 6.61 Å². The van der Waals surface area contributed by atoms with Crippen molar-refractivity contribution in [1.29, 1.82) is 0 Å². The van der Waals surface area contributed by atoms with Crippen molar-refractivity contribution in [3.05, 3.63) is 18.2 Å². The Balaban J connectivity index is 2.65. The third-order valence-electron chi connectivity index (χ3n) is 3.57. The predicted octanol–water partition coefficient (Wildman–Crippen LogP) is 2.52. The first-order valence-corrected chi connectivity index (χ1v) is 6.73. The van der Waals surface area contributed by atoms with Gasteiger partial charge in [-0.1, -0.05) is 13.8 Å². The van der Waals surface area contributed by atoms with Gasteiger partial charge in [0.2, 0.25) is 0 Å². The maximum absolute atomic E-state index is 12.4. The molecule has 0 saturated heterocycles. The molecule has 1 aromatic rings. The monoisotopic (exact) mass is 252 g/mol. The van der Waals surface area contributed by atoms with E-state index in [1.54, 1.807) is 6.20 Å². The normalized spacial score (nSPS) is 11.8. The van der Waals surface area contributed by atoms with Gasteiger partial charge in [0.05, 0.1) is 0 Å². The van der Waals surface area contributed by atoms with Gasteiger partial charge in [0.1, 0.15) is 11.4 Å². The summed E-state index contributed by atoms with van der Waals surface area (Å²) in [5, 5.41) is 0. The number of nitrogens with zero attached hydrogens (tertiary/aromatic N) is 2. The van der Waals surface area contributed by atoms with E-state index in [4.69, 9.17) is 4.74 Å². The van der Waals surface area contributed by atoms with E-state index in [0.29, 0.717) is 19.4 Å². The third-order valence-corrected chi connectivity index (χ3v) is 3.57. The molecule has 0 amide bonds. The maximum Gasteiger partial charge on any atom is 0.165 e. The molecule has 0 aliphatic carbocycles. The zero-order valence-electron chi connectivity index (χ0n) is 11.9. The van der Waals surface area contributed by atoms with Gasteiger partial charge < -0.3 is 9.30 Å². The second kappa shape index (κ2) is 6.69. The number of ether oxygens (including phenoxy) is 1. The lowest BCUT2D eigenvalue weighted by Crippen LogP contribution is -2.40. The Morgan fingerprint density at radius 2 is 2.06 bits per heavy atom. The van der Waals surface area contributed by atoms with Crippen LogP contribution in [0.15, 0.2) is 12.4 Å². The number of ketones is 1. The first-order chi connectivity index (χ1) is 8.59. The second-order valence-electron chi connectivity index (χ2n) is 4.51. The van der Waals surface area contributed by atoms with E-state index in [-0.39, 0.29) is 5.78 Å². The van der Waals surface area contributed by atoms with Crippen LogP contribution in [0, 0.1) is 0 Å². The molecule has 1 rings (SSSR count). The van der Waals surface area contributed by atoms with Crippen LogP contribution in [0.25, 0.3) is 0 Å². The average molecular weight is 252 g/mol. The molecule has 0 fully saturated rings. The molecule has 1 heterocycles. The Morgan fingerprint density at radius 3 is 2.50 bits per heavy atom. The highest BCUT2D eigenvalue weighted by atomic mass is 16.5. The molecule has 0 aliphatic heterocycles. The molecule has 0 saturated carbocycles.